The first-order valence-electron chi connectivity index (χ1n) is 6.43. The van der Waals surface area contributed by atoms with Crippen LogP contribution >= 0.6 is 11.6 Å². The zero-order valence-electron chi connectivity index (χ0n) is 11.0. The van der Waals surface area contributed by atoms with E-state index in [1.54, 1.807) is 6.07 Å². The SMILES string of the molecule is Cc1ccc(O)c(C2=CC(c3ccccc3Cl)NN2)c1. The summed E-state index contributed by atoms with van der Waals surface area (Å²) in [4.78, 5) is 0. The van der Waals surface area contributed by atoms with Gasteiger partial charge in [-0.05, 0) is 36.8 Å². The highest BCUT2D eigenvalue weighted by molar-refractivity contribution is 6.31. The van der Waals surface area contributed by atoms with Gasteiger partial charge in [0.25, 0.3) is 0 Å². The van der Waals surface area contributed by atoms with Crippen molar-refractivity contribution < 1.29 is 5.11 Å². The van der Waals surface area contributed by atoms with Gasteiger partial charge < -0.3 is 10.5 Å². The number of nitrogens with one attached hydrogen (secondary N) is 2. The van der Waals surface area contributed by atoms with E-state index in [0.717, 1.165) is 27.4 Å². The van der Waals surface area contributed by atoms with Crippen LogP contribution in [0.2, 0.25) is 5.02 Å². The Morgan fingerprint density at radius 3 is 2.75 bits per heavy atom. The molecule has 0 fully saturated rings. The number of halogens is 1. The van der Waals surface area contributed by atoms with Gasteiger partial charge >= 0.3 is 0 Å². The second kappa shape index (κ2) is 5.19. The van der Waals surface area contributed by atoms with E-state index < -0.39 is 0 Å². The van der Waals surface area contributed by atoms with Crippen LogP contribution in [0.4, 0.5) is 0 Å². The van der Waals surface area contributed by atoms with Crippen molar-refractivity contribution in [2.45, 2.75) is 13.0 Å². The number of aryl methyl sites for hydroxylation is 1. The molecule has 0 saturated carbocycles. The first-order chi connectivity index (χ1) is 9.65. The van der Waals surface area contributed by atoms with Gasteiger partial charge in [0, 0.05) is 10.6 Å². The minimum Gasteiger partial charge on any atom is -0.507 e. The Morgan fingerprint density at radius 2 is 1.95 bits per heavy atom. The maximum Gasteiger partial charge on any atom is 0.124 e. The van der Waals surface area contributed by atoms with Crippen LogP contribution in [-0.4, -0.2) is 5.11 Å². The molecule has 3 nitrogen and oxygen atoms in total. The normalized spacial score (nSPS) is 17.7. The summed E-state index contributed by atoms with van der Waals surface area (Å²) in [6.45, 7) is 2.00. The van der Waals surface area contributed by atoms with E-state index in [0.29, 0.717) is 0 Å². The lowest BCUT2D eigenvalue weighted by Crippen LogP contribution is -2.26. The van der Waals surface area contributed by atoms with Gasteiger partial charge in [-0.1, -0.05) is 41.4 Å². The highest BCUT2D eigenvalue weighted by atomic mass is 35.5. The van der Waals surface area contributed by atoms with Crippen molar-refractivity contribution in [1.29, 1.82) is 0 Å². The predicted molar refractivity (Wildman–Crippen MR) is 81.3 cm³/mol. The molecule has 1 aliphatic rings. The summed E-state index contributed by atoms with van der Waals surface area (Å²) in [6, 6.07) is 13.2. The number of benzene rings is 2. The molecule has 2 aromatic rings. The molecule has 0 aliphatic carbocycles. The van der Waals surface area contributed by atoms with Crippen molar-refractivity contribution in [3.63, 3.8) is 0 Å². The molecule has 1 unspecified atom stereocenters. The molecule has 1 atom stereocenters. The van der Waals surface area contributed by atoms with Crippen molar-refractivity contribution >= 4 is 17.3 Å². The highest BCUT2D eigenvalue weighted by Gasteiger charge is 2.20. The summed E-state index contributed by atoms with van der Waals surface area (Å²) in [7, 11) is 0. The average molecular weight is 287 g/mol. The third kappa shape index (κ3) is 2.38. The Kier molecular flexibility index (Phi) is 3.38. The number of phenols is 1. The van der Waals surface area contributed by atoms with Crippen LogP contribution in [0.5, 0.6) is 5.75 Å². The number of hydrazine groups is 1. The first-order valence-corrected chi connectivity index (χ1v) is 6.81. The van der Waals surface area contributed by atoms with Crippen molar-refractivity contribution in [2.75, 3.05) is 0 Å². The molecular weight excluding hydrogens is 272 g/mol. The predicted octanol–water partition coefficient (Wildman–Crippen LogP) is 3.54. The largest absolute Gasteiger partial charge is 0.507 e. The zero-order valence-corrected chi connectivity index (χ0v) is 11.8. The van der Waals surface area contributed by atoms with E-state index in [1.807, 2.05) is 49.4 Å². The average Bonchev–Trinajstić information content (AvgIpc) is 2.91. The number of aromatic hydroxyl groups is 1. The van der Waals surface area contributed by atoms with E-state index >= 15 is 0 Å². The Hall–Kier alpha value is -1.97. The second-order valence-corrected chi connectivity index (χ2v) is 5.28. The van der Waals surface area contributed by atoms with Gasteiger partial charge in [0.1, 0.15) is 5.75 Å². The van der Waals surface area contributed by atoms with Crippen LogP contribution < -0.4 is 10.9 Å². The van der Waals surface area contributed by atoms with E-state index in [-0.39, 0.29) is 11.8 Å². The summed E-state index contributed by atoms with van der Waals surface area (Å²) in [5.41, 5.74) is 10.0. The molecule has 3 rings (SSSR count). The van der Waals surface area contributed by atoms with Gasteiger partial charge in [0.2, 0.25) is 0 Å². The Balaban J connectivity index is 1.96. The van der Waals surface area contributed by atoms with Gasteiger partial charge in [-0.25, -0.2) is 5.43 Å². The number of hydrogen-bond donors (Lipinski definition) is 3. The van der Waals surface area contributed by atoms with Crippen molar-refractivity contribution in [3.8, 4) is 5.75 Å². The molecular formula is C16H15ClN2O. The molecule has 0 bridgehead atoms. The zero-order chi connectivity index (χ0) is 14.1. The molecule has 0 spiro atoms. The summed E-state index contributed by atoms with van der Waals surface area (Å²) >= 11 is 6.21. The fourth-order valence-electron chi connectivity index (χ4n) is 2.32. The number of rotatable bonds is 2. The molecule has 1 heterocycles. The Morgan fingerprint density at radius 1 is 1.15 bits per heavy atom. The maximum atomic E-state index is 9.97. The van der Waals surface area contributed by atoms with Gasteiger partial charge in [-0.2, -0.15) is 0 Å². The van der Waals surface area contributed by atoms with Crippen LogP contribution in [0.3, 0.4) is 0 Å². The maximum absolute atomic E-state index is 9.97. The van der Waals surface area contributed by atoms with Crippen LogP contribution in [0.25, 0.3) is 5.70 Å². The standard InChI is InChI=1S/C16H15ClN2O/c1-10-6-7-16(20)12(8-10)15-9-14(18-19-15)11-4-2-3-5-13(11)17/h2-9,14,18-20H,1H3. The molecule has 0 radical (unpaired) electrons. The topological polar surface area (TPSA) is 44.3 Å². The van der Waals surface area contributed by atoms with E-state index in [4.69, 9.17) is 11.6 Å². The van der Waals surface area contributed by atoms with Gasteiger partial charge in [0.05, 0.1) is 11.7 Å². The lowest BCUT2D eigenvalue weighted by Gasteiger charge is -2.10. The van der Waals surface area contributed by atoms with Crippen molar-refractivity contribution in [3.05, 3.63) is 70.3 Å². The van der Waals surface area contributed by atoms with Gasteiger partial charge in [0.15, 0.2) is 0 Å². The number of hydrogen-bond acceptors (Lipinski definition) is 3. The van der Waals surface area contributed by atoms with Gasteiger partial charge in [-0.15, -0.1) is 0 Å². The van der Waals surface area contributed by atoms with Crippen molar-refractivity contribution in [1.82, 2.24) is 10.9 Å². The highest BCUT2D eigenvalue weighted by Crippen LogP contribution is 2.32. The lowest BCUT2D eigenvalue weighted by molar-refractivity contribution is 0.472. The fourth-order valence-corrected chi connectivity index (χ4v) is 2.58. The quantitative estimate of drug-likeness (QED) is 0.791. The summed E-state index contributed by atoms with van der Waals surface area (Å²) in [5, 5.41) is 10.7. The monoisotopic (exact) mass is 286 g/mol. The molecule has 2 aromatic carbocycles. The Bertz CT molecular complexity index is 682. The van der Waals surface area contributed by atoms with Gasteiger partial charge in [-0.3, -0.25) is 0 Å². The van der Waals surface area contributed by atoms with Crippen LogP contribution in [-0.2, 0) is 0 Å². The Labute approximate surface area is 122 Å². The minimum atomic E-state index is -0.0152. The van der Waals surface area contributed by atoms with E-state index in [9.17, 15) is 5.11 Å². The summed E-state index contributed by atoms with van der Waals surface area (Å²) in [6.07, 6.45) is 2.02. The number of phenolic OH excluding ortho intramolecular Hbond substituents is 1. The molecule has 102 valence electrons. The van der Waals surface area contributed by atoms with Crippen LogP contribution in [0, 0.1) is 6.92 Å². The minimum absolute atomic E-state index is 0.0152. The second-order valence-electron chi connectivity index (χ2n) is 4.87. The lowest BCUT2D eigenvalue weighted by atomic mass is 10.0. The molecule has 3 N–H and O–H groups in total. The summed E-state index contributed by atoms with van der Waals surface area (Å²) < 4.78 is 0. The van der Waals surface area contributed by atoms with Crippen molar-refractivity contribution in [2.24, 2.45) is 0 Å². The van der Waals surface area contributed by atoms with Crippen LogP contribution in [0.15, 0.2) is 48.5 Å². The molecule has 0 saturated heterocycles. The fraction of sp³-hybridized carbons (Fsp3) is 0.125. The first kappa shape index (κ1) is 13.0. The van der Waals surface area contributed by atoms with E-state index in [2.05, 4.69) is 10.9 Å². The molecule has 20 heavy (non-hydrogen) atoms. The summed E-state index contributed by atoms with van der Waals surface area (Å²) in [5.74, 6) is 0.260. The molecule has 1 aliphatic heterocycles. The van der Waals surface area contributed by atoms with E-state index in [1.165, 1.54) is 0 Å². The van der Waals surface area contributed by atoms with Crippen LogP contribution in [0.1, 0.15) is 22.7 Å². The molecule has 0 amide bonds. The molecule has 4 heteroatoms. The molecule has 0 aromatic heterocycles. The third-order valence-corrected chi connectivity index (χ3v) is 3.72. The smallest absolute Gasteiger partial charge is 0.124 e. The third-order valence-electron chi connectivity index (χ3n) is 3.38.